The van der Waals surface area contributed by atoms with E-state index >= 15 is 0 Å². The molecule has 0 saturated heterocycles. The number of hydrogen-bond acceptors (Lipinski definition) is 5. The maximum atomic E-state index is 12.2. The van der Waals surface area contributed by atoms with Crippen LogP contribution >= 0.6 is 11.8 Å². The Hall–Kier alpha value is -1.11. The minimum atomic E-state index is -0.180. The Morgan fingerprint density at radius 3 is 2.65 bits per heavy atom. The third-order valence-electron chi connectivity index (χ3n) is 3.55. The predicted molar refractivity (Wildman–Crippen MR) is 78.5 cm³/mol. The van der Waals surface area contributed by atoms with Gasteiger partial charge in [0.05, 0.1) is 11.3 Å². The van der Waals surface area contributed by atoms with E-state index < -0.39 is 0 Å². The summed E-state index contributed by atoms with van der Waals surface area (Å²) in [5.41, 5.74) is 0. The molecule has 20 heavy (non-hydrogen) atoms. The topological polar surface area (TPSA) is 72.7 Å². The van der Waals surface area contributed by atoms with Crippen molar-refractivity contribution in [2.24, 2.45) is 0 Å². The van der Waals surface area contributed by atoms with Crippen molar-refractivity contribution >= 4 is 17.7 Å². The van der Waals surface area contributed by atoms with Gasteiger partial charge in [-0.1, -0.05) is 31.0 Å². The summed E-state index contributed by atoms with van der Waals surface area (Å²) in [6, 6.07) is 0.543. The summed E-state index contributed by atoms with van der Waals surface area (Å²) in [5, 5.41) is 15.3. The van der Waals surface area contributed by atoms with E-state index in [4.69, 9.17) is 0 Å². The van der Waals surface area contributed by atoms with E-state index in [0.717, 1.165) is 12.8 Å². The van der Waals surface area contributed by atoms with Gasteiger partial charge < -0.3 is 5.32 Å². The molecular weight excluding hydrogens is 274 g/mol. The van der Waals surface area contributed by atoms with Crippen molar-refractivity contribution in [1.82, 2.24) is 25.5 Å². The van der Waals surface area contributed by atoms with Gasteiger partial charge in [0.2, 0.25) is 11.1 Å². The molecule has 0 radical (unpaired) electrons. The Labute approximate surface area is 124 Å². The van der Waals surface area contributed by atoms with Crippen molar-refractivity contribution in [2.45, 2.75) is 75.4 Å². The summed E-state index contributed by atoms with van der Waals surface area (Å²) in [6.45, 7) is 5.95. The van der Waals surface area contributed by atoms with Crippen molar-refractivity contribution in [3.63, 3.8) is 0 Å². The molecule has 1 amide bonds. The number of nitrogens with one attached hydrogen (secondary N) is 1. The molecule has 1 saturated carbocycles. The molecule has 0 aromatic carbocycles. The molecule has 1 aliphatic rings. The number of thioether (sulfide) groups is 1. The smallest absolute Gasteiger partial charge is 0.233 e. The number of tetrazole rings is 1. The lowest BCUT2D eigenvalue weighted by molar-refractivity contribution is -0.121. The first-order chi connectivity index (χ1) is 9.58. The van der Waals surface area contributed by atoms with Crippen LogP contribution in [0.2, 0.25) is 0 Å². The number of nitrogens with zero attached hydrogens (tertiary/aromatic N) is 4. The van der Waals surface area contributed by atoms with Crippen LogP contribution in [0.15, 0.2) is 5.16 Å². The first-order valence-corrected chi connectivity index (χ1v) is 8.20. The van der Waals surface area contributed by atoms with Crippen LogP contribution in [0.1, 0.15) is 58.9 Å². The zero-order valence-corrected chi connectivity index (χ0v) is 13.2. The quantitative estimate of drug-likeness (QED) is 0.843. The molecule has 7 heteroatoms. The van der Waals surface area contributed by atoms with Crippen molar-refractivity contribution in [3.8, 4) is 0 Å². The highest BCUT2D eigenvalue weighted by Crippen LogP contribution is 2.23. The average Bonchev–Trinajstić information content (AvgIpc) is 2.88. The van der Waals surface area contributed by atoms with Gasteiger partial charge in [-0.15, -0.1) is 5.10 Å². The Balaban J connectivity index is 1.88. The van der Waals surface area contributed by atoms with Crippen molar-refractivity contribution in [3.05, 3.63) is 0 Å². The number of carbonyl (C=O) groups excluding carboxylic acids is 1. The average molecular weight is 297 g/mol. The molecule has 2 rings (SSSR count). The van der Waals surface area contributed by atoms with Crippen LogP contribution in [0.5, 0.6) is 0 Å². The molecule has 1 aromatic rings. The molecule has 0 spiro atoms. The van der Waals surface area contributed by atoms with Crippen LogP contribution in [0, 0.1) is 0 Å². The predicted octanol–water partition coefficient (Wildman–Crippen LogP) is 2.18. The van der Waals surface area contributed by atoms with Gasteiger partial charge in [-0.2, -0.15) is 0 Å². The number of carbonyl (C=O) groups is 1. The maximum Gasteiger partial charge on any atom is 0.233 e. The third-order valence-corrected chi connectivity index (χ3v) is 4.60. The molecular formula is C13H23N5OS. The number of amides is 1. The zero-order valence-electron chi connectivity index (χ0n) is 12.4. The van der Waals surface area contributed by atoms with Crippen LogP contribution in [-0.4, -0.2) is 37.4 Å². The Morgan fingerprint density at radius 2 is 2.00 bits per heavy atom. The lowest BCUT2D eigenvalue weighted by Gasteiger charge is -2.24. The standard InChI is InChI=1S/C13H23N5OS/c1-9(2)18-13(15-16-17-18)20-10(3)12(19)14-11-7-5-4-6-8-11/h9-11H,4-8H2,1-3H3,(H,14,19). The van der Waals surface area contributed by atoms with E-state index in [2.05, 4.69) is 20.8 Å². The SMILES string of the molecule is CC(Sc1nnnn1C(C)C)C(=O)NC1CCCCC1. The second-order valence-corrected chi connectivity index (χ2v) is 6.91. The van der Waals surface area contributed by atoms with Crippen LogP contribution < -0.4 is 5.32 Å². The first kappa shape index (κ1) is 15.3. The normalized spacial score (nSPS) is 18.2. The van der Waals surface area contributed by atoms with Gasteiger partial charge in [-0.3, -0.25) is 4.79 Å². The number of hydrogen-bond donors (Lipinski definition) is 1. The molecule has 0 bridgehead atoms. The fourth-order valence-corrected chi connectivity index (χ4v) is 3.29. The van der Waals surface area contributed by atoms with Crippen LogP contribution in [-0.2, 0) is 4.79 Å². The van der Waals surface area contributed by atoms with Gasteiger partial charge in [0.15, 0.2) is 0 Å². The monoisotopic (exact) mass is 297 g/mol. The Bertz CT molecular complexity index is 442. The zero-order chi connectivity index (χ0) is 14.5. The second kappa shape index (κ2) is 7.06. The Morgan fingerprint density at radius 1 is 1.30 bits per heavy atom. The van der Waals surface area contributed by atoms with Crippen molar-refractivity contribution in [2.75, 3.05) is 0 Å². The van der Waals surface area contributed by atoms with Crippen molar-refractivity contribution < 1.29 is 4.79 Å². The van der Waals surface area contributed by atoms with Gasteiger partial charge in [0.25, 0.3) is 0 Å². The van der Waals surface area contributed by atoms with Gasteiger partial charge in [0.1, 0.15) is 0 Å². The highest BCUT2D eigenvalue weighted by atomic mass is 32.2. The van der Waals surface area contributed by atoms with Crippen LogP contribution in [0.3, 0.4) is 0 Å². The lowest BCUT2D eigenvalue weighted by atomic mass is 9.95. The van der Waals surface area contributed by atoms with Crippen LogP contribution in [0.25, 0.3) is 0 Å². The molecule has 1 aliphatic carbocycles. The van der Waals surface area contributed by atoms with E-state index in [1.54, 1.807) is 4.68 Å². The summed E-state index contributed by atoms with van der Waals surface area (Å²) in [6.07, 6.45) is 5.94. The molecule has 1 N–H and O–H groups in total. The summed E-state index contributed by atoms with van der Waals surface area (Å²) >= 11 is 1.42. The molecule has 112 valence electrons. The number of rotatable bonds is 5. The van der Waals surface area contributed by atoms with Crippen molar-refractivity contribution in [1.29, 1.82) is 0 Å². The lowest BCUT2D eigenvalue weighted by Crippen LogP contribution is -2.40. The molecule has 1 fully saturated rings. The minimum Gasteiger partial charge on any atom is -0.352 e. The summed E-state index contributed by atoms with van der Waals surface area (Å²) in [7, 11) is 0. The molecule has 6 nitrogen and oxygen atoms in total. The van der Waals surface area contributed by atoms with E-state index in [9.17, 15) is 4.79 Å². The van der Waals surface area contributed by atoms with Crippen LogP contribution in [0.4, 0.5) is 0 Å². The van der Waals surface area contributed by atoms with Gasteiger partial charge in [0, 0.05) is 6.04 Å². The Kier molecular flexibility index (Phi) is 5.39. The van der Waals surface area contributed by atoms with E-state index in [1.807, 2.05) is 20.8 Å². The van der Waals surface area contributed by atoms with E-state index in [0.29, 0.717) is 11.2 Å². The highest BCUT2D eigenvalue weighted by molar-refractivity contribution is 8.00. The van der Waals surface area contributed by atoms with Gasteiger partial charge in [-0.25, -0.2) is 4.68 Å². The van der Waals surface area contributed by atoms with Gasteiger partial charge >= 0.3 is 0 Å². The fourth-order valence-electron chi connectivity index (χ4n) is 2.36. The molecule has 1 aromatic heterocycles. The number of aromatic nitrogens is 4. The second-order valence-electron chi connectivity index (χ2n) is 5.60. The molecule has 1 heterocycles. The highest BCUT2D eigenvalue weighted by Gasteiger charge is 2.22. The molecule has 0 aliphatic heterocycles. The minimum absolute atomic E-state index is 0.0835. The molecule has 1 atom stereocenters. The van der Waals surface area contributed by atoms with Gasteiger partial charge in [-0.05, 0) is 44.0 Å². The summed E-state index contributed by atoms with van der Waals surface area (Å²) < 4.78 is 1.75. The summed E-state index contributed by atoms with van der Waals surface area (Å²) in [4.78, 5) is 12.2. The van der Waals surface area contributed by atoms with E-state index in [-0.39, 0.29) is 17.2 Å². The largest absolute Gasteiger partial charge is 0.352 e. The molecule has 1 unspecified atom stereocenters. The van der Waals surface area contributed by atoms with E-state index in [1.165, 1.54) is 31.0 Å². The summed E-state index contributed by atoms with van der Waals surface area (Å²) in [5.74, 6) is 0.0835. The maximum absolute atomic E-state index is 12.2. The fraction of sp³-hybridized carbons (Fsp3) is 0.846. The third kappa shape index (κ3) is 3.94. The first-order valence-electron chi connectivity index (χ1n) is 7.33.